The van der Waals surface area contributed by atoms with E-state index in [1.165, 1.54) is 9.42 Å². The summed E-state index contributed by atoms with van der Waals surface area (Å²) in [7, 11) is 0. The molecule has 2 amide bonds. The number of halogens is 4. The Morgan fingerprint density at radius 2 is 1.97 bits per heavy atom. The van der Waals surface area contributed by atoms with E-state index in [1.54, 1.807) is 30.6 Å². The molecule has 5 rings (SSSR count). The Morgan fingerprint density at radius 1 is 1.22 bits per heavy atom. The monoisotopic (exact) mass is 507 g/mol. The maximum atomic E-state index is 14.9. The summed E-state index contributed by atoms with van der Waals surface area (Å²) in [4.78, 5) is 36.0. The third-order valence-corrected chi connectivity index (χ3v) is 6.61. The molecule has 1 fully saturated rings. The molecule has 3 aromatic rings. The van der Waals surface area contributed by atoms with Crippen LogP contribution in [-0.2, 0) is 11.2 Å². The van der Waals surface area contributed by atoms with Crippen LogP contribution in [0.3, 0.4) is 0 Å². The van der Waals surface area contributed by atoms with Crippen LogP contribution in [0.1, 0.15) is 23.0 Å². The topological polar surface area (TPSA) is 130 Å². The van der Waals surface area contributed by atoms with Gasteiger partial charge in [0.25, 0.3) is 11.8 Å². The number of alkyl halides is 4. The van der Waals surface area contributed by atoms with Crippen LogP contribution in [-0.4, -0.2) is 89.9 Å². The summed E-state index contributed by atoms with van der Waals surface area (Å²) >= 11 is 0. The number of carbonyl (C=O) groups is 2. The highest BCUT2D eigenvalue weighted by Crippen LogP contribution is 2.34. The number of anilines is 1. The van der Waals surface area contributed by atoms with Gasteiger partial charge in [0.05, 0.1) is 23.8 Å². The van der Waals surface area contributed by atoms with Crippen LogP contribution in [0.4, 0.5) is 23.5 Å². The van der Waals surface area contributed by atoms with Crippen LogP contribution in [0.2, 0.25) is 0 Å². The van der Waals surface area contributed by atoms with Gasteiger partial charge in [0.15, 0.2) is 5.65 Å². The zero-order valence-electron chi connectivity index (χ0n) is 18.9. The van der Waals surface area contributed by atoms with Crippen molar-refractivity contribution >= 4 is 23.4 Å². The molecule has 0 aliphatic carbocycles. The van der Waals surface area contributed by atoms with Crippen molar-refractivity contribution < 1.29 is 32.3 Å². The molecule has 10 nitrogen and oxygen atoms in total. The normalized spacial score (nSPS) is 22.1. The van der Waals surface area contributed by atoms with Gasteiger partial charge in [0.2, 0.25) is 11.5 Å². The first kappa shape index (κ1) is 23.9. The average molecular weight is 507 g/mol. The number of likely N-dealkylation sites (tertiary alicyclic amines) is 1. The van der Waals surface area contributed by atoms with E-state index in [-0.39, 0.29) is 18.1 Å². The van der Waals surface area contributed by atoms with Crippen LogP contribution in [0.25, 0.3) is 16.8 Å². The number of carbonyl (C=O) groups excluding carboxylic acids is 2. The maximum Gasteiger partial charge on any atom is 0.426 e. The number of nitrogens with two attached hydrogens (primary N) is 1. The van der Waals surface area contributed by atoms with Crippen molar-refractivity contribution in [2.24, 2.45) is 0 Å². The SMILES string of the molecule is CC(O)(C(=O)N1C[C@@H](N2CCc3ncc(-c4ccn5nc(N)nc5c4)cc3C2=O)[C@@H](F)C1)C(F)(F)F. The van der Waals surface area contributed by atoms with Crippen LogP contribution >= 0.6 is 0 Å². The van der Waals surface area contributed by atoms with Crippen molar-refractivity contribution in [2.45, 2.75) is 37.3 Å². The Labute approximate surface area is 201 Å². The van der Waals surface area contributed by atoms with Gasteiger partial charge in [0.1, 0.15) is 6.17 Å². The lowest BCUT2D eigenvalue weighted by Crippen LogP contribution is -2.56. The highest BCUT2D eigenvalue weighted by Gasteiger charge is 2.58. The van der Waals surface area contributed by atoms with Crippen LogP contribution in [0, 0.1) is 0 Å². The van der Waals surface area contributed by atoms with Gasteiger partial charge in [0, 0.05) is 37.5 Å². The van der Waals surface area contributed by atoms with Crippen molar-refractivity contribution in [3.63, 3.8) is 0 Å². The molecule has 0 spiro atoms. The number of fused-ring (bicyclic) bond motifs is 2. The van der Waals surface area contributed by atoms with Gasteiger partial charge in [-0.1, -0.05) is 0 Å². The molecule has 2 aliphatic heterocycles. The number of nitrogen functional groups attached to an aromatic ring is 1. The minimum Gasteiger partial charge on any atom is -0.373 e. The molecule has 3 atom stereocenters. The van der Waals surface area contributed by atoms with Crippen molar-refractivity contribution in [2.75, 3.05) is 25.4 Å². The lowest BCUT2D eigenvalue weighted by atomic mass is 9.98. The summed E-state index contributed by atoms with van der Waals surface area (Å²) in [6.45, 7) is -0.708. The first-order valence-corrected chi connectivity index (χ1v) is 11.0. The Morgan fingerprint density at radius 3 is 2.69 bits per heavy atom. The van der Waals surface area contributed by atoms with Gasteiger partial charge < -0.3 is 20.6 Å². The molecule has 0 saturated carbocycles. The number of rotatable bonds is 3. The molecule has 1 unspecified atom stereocenters. The highest BCUT2D eigenvalue weighted by molar-refractivity contribution is 5.98. The third-order valence-electron chi connectivity index (χ3n) is 6.61. The minimum absolute atomic E-state index is 0.0892. The number of aliphatic hydroxyl groups is 1. The lowest BCUT2D eigenvalue weighted by Gasteiger charge is -2.34. The summed E-state index contributed by atoms with van der Waals surface area (Å²) in [5, 5.41) is 13.7. The minimum atomic E-state index is -5.23. The summed E-state index contributed by atoms with van der Waals surface area (Å²) in [6.07, 6.45) is -3.45. The van der Waals surface area contributed by atoms with Gasteiger partial charge >= 0.3 is 6.18 Å². The molecule has 14 heteroatoms. The van der Waals surface area contributed by atoms with E-state index in [4.69, 9.17) is 5.73 Å². The van der Waals surface area contributed by atoms with Crippen LogP contribution in [0.5, 0.6) is 0 Å². The molecule has 5 heterocycles. The zero-order chi connectivity index (χ0) is 26.0. The van der Waals surface area contributed by atoms with Gasteiger partial charge in [-0.25, -0.2) is 8.91 Å². The van der Waals surface area contributed by atoms with Crippen LogP contribution in [0.15, 0.2) is 30.6 Å². The Balaban J connectivity index is 1.39. The fraction of sp³-hybridized carbons (Fsp3) is 0.409. The molecule has 1 saturated heterocycles. The largest absolute Gasteiger partial charge is 0.426 e. The predicted octanol–water partition coefficient (Wildman–Crippen LogP) is 1.23. The fourth-order valence-corrected chi connectivity index (χ4v) is 4.55. The second-order valence-corrected chi connectivity index (χ2v) is 9.02. The summed E-state index contributed by atoms with van der Waals surface area (Å²) in [5.41, 5.74) is 4.47. The van der Waals surface area contributed by atoms with E-state index >= 15 is 0 Å². The van der Waals surface area contributed by atoms with Gasteiger partial charge in [-0.15, -0.1) is 5.10 Å². The maximum absolute atomic E-state index is 14.9. The standard InChI is InChI=1S/C22H21F4N7O3/c1-21(36,22(24,25)26)19(35)31-9-14(23)16(10-31)32-4-3-15-13(18(32)34)6-12(8-28-15)11-2-5-33-17(7-11)29-20(27)30-33/h2,5-8,14,16,36H,3-4,9-10H2,1H3,(H2,27,30)/t14-,16+,21?/m0/s1. The van der Waals surface area contributed by atoms with Crippen LogP contribution < -0.4 is 5.73 Å². The molecule has 3 N–H and O–H groups in total. The number of hydrogen-bond acceptors (Lipinski definition) is 7. The molecule has 36 heavy (non-hydrogen) atoms. The van der Waals surface area contributed by atoms with Crippen molar-refractivity contribution in [1.82, 2.24) is 29.4 Å². The molecular weight excluding hydrogens is 486 g/mol. The highest BCUT2D eigenvalue weighted by atomic mass is 19.4. The number of aromatic nitrogens is 4. The second kappa shape index (κ2) is 8.11. The van der Waals surface area contributed by atoms with Gasteiger partial charge in [-0.05, 0) is 30.7 Å². The third kappa shape index (κ3) is 3.81. The van der Waals surface area contributed by atoms with E-state index in [2.05, 4.69) is 15.1 Å². The van der Waals surface area contributed by atoms with Gasteiger partial charge in [-0.2, -0.15) is 18.2 Å². The predicted molar refractivity (Wildman–Crippen MR) is 117 cm³/mol. The Hall–Kier alpha value is -3.81. The van der Waals surface area contributed by atoms with E-state index in [0.29, 0.717) is 40.7 Å². The smallest absolute Gasteiger partial charge is 0.373 e. The van der Waals surface area contributed by atoms with E-state index in [1.807, 2.05) is 0 Å². The summed E-state index contributed by atoms with van der Waals surface area (Å²) in [5.74, 6) is -2.09. The summed E-state index contributed by atoms with van der Waals surface area (Å²) in [6, 6.07) is 3.91. The number of pyridine rings is 2. The summed E-state index contributed by atoms with van der Waals surface area (Å²) < 4.78 is 55.7. The fourth-order valence-electron chi connectivity index (χ4n) is 4.55. The van der Waals surface area contributed by atoms with Gasteiger partial charge in [-0.3, -0.25) is 14.6 Å². The Bertz CT molecular complexity index is 1370. The molecule has 0 bridgehead atoms. The lowest BCUT2D eigenvalue weighted by molar-refractivity contribution is -0.249. The number of amides is 2. The van der Waals surface area contributed by atoms with E-state index in [0.717, 1.165) is 0 Å². The number of hydrogen-bond donors (Lipinski definition) is 2. The molecular formula is C22H21F4N7O3. The van der Waals surface area contributed by atoms with Crippen molar-refractivity contribution in [1.29, 1.82) is 0 Å². The second-order valence-electron chi connectivity index (χ2n) is 9.02. The molecule has 2 aliphatic rings. The van der Waals surface area contributed by atoms with Crippen molar-refractivity contribution in [3.05, 3.63) is 41.9 Å². The average Bonchev–Trinajstić information content (AvgIpc) is 3.38. The first-order valence-electron chi connectivity index (χ1n) is 11.0. The van der Waals surface area contributed by atoms with E-state index < -0.39 is 48.9 Å². The molecule has 0 radical (unpaired) electrons. The zero-order valence-corrected chi connectivity index (χ0v) is 18.9. The molecule has 0 aromatic carbocycles. The first-order chi connectivity index (χ1) is 16.9. The van der Waals surface area contributed by atoms with E-state index in [9.17, 15) is 32.3 Å². The van der Waals surface area contributed by atoms with Crippen molar-refractivity contribution in [3.8, 4) is 11.1 Å². The molecule has 3 aromatic heterocycles. The molecule has 190 valence electrons. The quantitative estimate of drug-likeness (QED) is 0.510. The number of nitrogens with zero attached hydrogens (tertiary/aromatic N) is 6. The Kier molecular flexibility index (Phi) is 5.39.